The summed E-state index contributed by atoms with van der Waals surface area (Å²) in [5.74, 6) is 0.119. The predicted molar refractivity (Wildman–Crippen MR) is 99.6 cm³/mol. The van der Waals surface area contributed by atoms with E-state index in [-0.39, 0.29) is 29.3 Å². The molecule has 1 heterocycles. The van der Waals surface area contributed by atoms with Gasteiger partial charge in [0.1, 0.15) is 11.6 Å². The third kappa shape index (κ3) is 5.22. The van der Waals surface area contributed by atoms with Crippen molar-refractivity contribution in [1.82, 2.24) is 4.90 Å². The SMILES string of the molecule is O=C(CSc1ccc(F)cc1)N(Cc1ccccc1O)CC1CCCO1. The van der Waals surface area contributed by atoms with E-state index in [0.29, 0.717) is 18.7 Å². The van der Waals surface area contributed by atoms with Gasteiger partial charge in [-0.05, 0) is 43.2 Å². The number of carbonyl (C=O) groups is 1. The van der Waals surface area contributed by atoms with Crippen LogP contribution in [0, 0.1) is 5.82 Å². The van der Waals surface area contributed by atoms with Gasteiger partial charge in [0.15, 0.2) is 0 Å². The highest BCUT2D eigenvalue weighted by atomic mass is 32.2. The van der Waals surface area contributed by atoms with E-state index in [1.807, 2.05) is 12.1 Å². The van der Waals surface area contributed by atoms with Gasteiger partial charge in [-0.15, -0.1) is 11.8 Å². The summed E-state index contributed by atoms with van der Waals surface area (Å²) < 4.78 is 18.7. The minimum atomic E-state index is -0.291. The Morgan fingerprint density at radius 1 is 1.23 bits per heavy atom. The molecule has 0 aliphatic carbocycles. The Morgan fingerprint density at radius 2 is 2.00 bits per heavy atom. The van der Waals surface area contributed by atoms with E-state index in [9.17, 15) is 14.3 Å². The standard InChI is InChI=1S/C20H22FNO3S/c21-16-7-9-18(10-8-16)26-14-20(24)22(13-17-5-3-11-25-17)12-15-4-1-2-6-19(15)23/h1-2,4,6-10,17,23H,3,5,11-14H2. The first-order valence-corrected chi connectivity index (χ1v) is 9.65. The molecule has 1 unspecified atom stereocenters. The Kier molecular flexibility index (Phi) is 6.52. The average molecular weight is 375 g/mol. The van der Waals surface area contributed by atoms with Gasteiger partial charge in [-0.3, -0.25) is 4.79 Å². The van der Waals surface area contributed by atoms with Gasteiger partial charge in [0.05, 0.1) is 11.9 Å². The summed E-state index contributed by atoms with van der Waals surface area (Å²) in [6.45, 7) is 1.58. The number of halogens is 1. The van der Waals surface area contributed by atoms with Crippen molar-refractivity contribution in [3.8, 4) is 5.75 Å². The minimum Gasteiger partial charge on any atom is -0.508 e. The lowest BCUT2D eigenvalue weighted by Crippen LogP contribution is -2.38. The number of carbonyl (C=O) groups excluding carboxylic acids is 1. The molecular formula is C20H22FNO3S. The first-order valence-electron chi connectivity index (χ1n) is 8.66. The van der Waals surface area contributed by atoms with Crippen LogP contribution < -0.4 is 0 Å². The lowest BCUT2D eigenvalue weighted by Gasteiger charge is -2.26. The van der Waals surface area contributed by atoms with Crippen LogP contribution in [0.15, 0.2) is 53.4 Å². The molecule has 0 bridgehead atoms. The van der Waals surface area contributed by atoms with E-state index < -0.39 is 0 Å². The Labute approximate surface area is 157 Å². The molecule has 3 rings (SSSR count). The molecule has 6 heteroatoms. The third-order valence-electron chi connectivity index (χ3n) is 4.33. The lowest BCUT2D eigenvalue weighted by molar-refractivity contribution is -0.130. The number of benzene rings is 2. The number of ether oxygens (including phenoxy) is 1. The number of phenols is 1. The number of thioether (sulfide) groups is 1. The molecule has 0 radical (unpaired) electrons. The zero-order valence-corrected chi connectivity index (χ0v) is 15.3. The van der Waals surface area contributed by atoms with Crippen molar-refractivity contribution < 1.29 is 19.0 Å². The van der Waals surface area contributed by atoms with Crippen LogP contribution in [0.4, 0.5) is 4.39 Å². The van der Waals surface area contributed by atoms with Crippen molar-refractivity contribution in [1.29, 1.82) is 0 Å². The summed E-state index contributed by atoms with van der Waals surface area (Å²) in [7, 11) is 0. The van der Waals surface area contributed by atoms with Crippen LogP contribution in [0.5, 0.6) is 5.75 Å². The van der Waals surface area contributed by atoms with Gasteiger partial charge in [-0.25, -0.2) is 4.39 Å². The van der Waals surface area contributed by atoms with Crippen LogP contribution in [0.3, 0.4) is 0 Å². The number of phenolic OH excluding ortho intramolecular Hbond substituents is 1. The highest BCUT2D eigenvalue weighted by molar-refractivity contribution is 8.00. The zero-order valence-electron chi connectivity index (χ0n) is 14.4. The third-order valence-corrected chi connectivity index (χ3v) is 5.33. The number of para-hydroxylation sites is 1. The molecule has 1 amide bonds. The highest BCUT2D eigenvalue weighted by Gasteiger charge is 2.23. The molecule has 138 valence electrons. The maximum Gasteiger partial charge on any atom is 0.233 e. The zero-order chi connectivity index (χ0) is 18.4. The average Bonchev–Trinajstić information content (AvgIpc) is 3.15. The molecule has 0 spiro atoms. The molecule has 26 heavy (non-hydrogen) atoms. The number of hydrogen-bond donors (Lipinski definition) is 1. The first kappa shape index (κ1) is 18.7. The normalized spacial score (nSPS) is 16.6. The van der Waals surface area contributed by atoms with E-state index in [4.69, 9.17) is 4.74 Å². The Morgan fingerprint density at radius 3 is 2.69 bits per heavy atom. The summed E-state index contributed by atoms with van der Waals surface area (Å²) in [6, 6.07) is 13.2. The fourth-order valence-electron chi connectivity index (χ4n) is 2.91. The van der Waals surface area contributed by atoms with Gasteiger partial charge >= 0.3 is 0 Å². The molecule has 1 saturated heterocycles. The predicted octanol–water partition coefficient (Wildman–Crippen LogP) is 3.83. The topological polar surface area (TPSA) is 49.8 Å². The van der Waals surface area contributed by atoms with Crippen molar-refractivity contribution in [2.75, 3.05) is 18.9 Å². The van der Waals surface area contributed by atoms with Gasteiger partial charge in [0, 0.05) is 30.2 Å². The van der Waals surface area contributed by atoms with Crippen molar-refractivity contribution in [2.45, 2.75) is 30.4 Å². The quantitative estimate of drug-likeness (QED) is 0.747. The fourth-order valence-corrected chi connectivity index (χ4v) is 3.71. The second kappa shape index (κ2) is 9.05. The first-order chi connectivity index (χ1) is 12.6. The van der Waals surface area contributed by atoms with Crippen LogP contribution >= 0.6 is 11.8 Å². The Balaban J connectivity index is 1.65. The second-order valence-corrected chi connectivity index (χ2v) is 7.33. The molecule has 2 aromatic rings. The van der Waals surface area contributed by atoms with E-state index in [1.165, 1.54) is 23.9 Å². The van der Waals surface area contributed by atoms with E-state index in [2.05, 4.69) is 0 Å². The molecule has 1 N–H and O–H groups in total. The summed E-state index contributed by atoms with van der Waals surface area (Å²) in [6.07, 6.45) is 1.99. The van der Waals surface area contributed by atoms with Crippen LogP contribution in [-0.2, 0) is 16.1 Å². The van der Waals surface area contributed by atoms with Crippen LogP contribution in [0.2, 0.25) is 0 Å². The van der Waals surface area contributed by atoms with E-state index >= 15 is 0 Å². The number of nitrogens with zero attached hydrogens (tertiary/aromatic N) is 1. The molecule has 1 aliphatic rings. The second-order valence-electron chi connectivity index (χ2n) is 6.28. The van der Waals surface area contributed by atoms with Crippen LogP contribution in [-0.4, -0.2) is 40.9 Å². The number of aromatic hydroxyl groups is 1. The monoisotopic (exact) mass is 375 g/mol. The lowest BCUT2D eigenvalue weighted by atomic mass is 10.1. The molecule has 4 nitrogen and oxygen atoms in total. The number of rotatable bonds is 7. The molecular weight excluding hydrogens is 353 g/mol. The molecule has 0 aromatic heterocycles. The van der Waals surface area contributed by atoms with E-state index in [1.54, 1.807) is 29.2 Å². The maximum absolute atomic E-state index is 13.0. The van der Waals surface area contributed by atoms with E-state index in [0.717, 1.165) is 24.3 Å². The van der Waals surface area contributed by atoms with Gasteiger partial charge < -0.3 is 14.7 Å². The van der Waals surface area contributed by atoms with Gasteiger partial charge in [0.2, 0.25) is 5.91 Å². The smallest absolute Gasteiger partial charge is 0.233 e. The molecule has 1 aliphatic heterocycles. The van der Waals surface area contributed by atoms with Crippen molar-refractivity contribution >= 4 is 17.7 Å². The summed E-state index contributed by atoms with van der Waals surface area (Å²) >= 11 is 1.38. The number of amides is 1. The molecule has 0 saturated carbocycles. The van der Waals surface area contributed by atoms with Crippen LogP contribution in [0.1, 0.15) is 18.4 Å². The molecule has 2 aromatic carbocycles. The Bertz CT molecular complexity index is 732. The van der Waals surface area contributed by atoms with Gasteiger partial charge in [0.25, 0.3) is 0 Å². The Hall–Kier alpha value is -2.05. The maximum atomic E-state index is 13.0. The highest BCUT2D eigenvalue weighted by Crippen LogP contribution is 2.23. The molecule has 1 atom stereocenters. The molecule has 1 fully saturated rings. The van der Waals surface area contributed by atoms with Crippen molar-refractivity contribution in [3.05, 3.63) is 59.9 Å². The fraction of sp³-hybridized carbons (Fsp3) is 0.350. The summed E-state index contributed by atoms with van der Waals surface area (Å²) in [5.41, 5.74) is 0.714. The van der Waals surface area contributed by atoms with Gasteiger partial charge in [-0.2, -0.15) is 0 Å². The largest absolute Gasteiger partial charge is 0.508 e. The minimum absolute atomic E-state index is 0.0296. The number of hydrogen-bond acceptors (Lipinski definition) is 4. The van der Waals surface area contributed by atoms with Crippen LogP contribution in [0.25, 0.3) is 0 Å². The van der Waals surface area contributed by atoms with Gasteiger partial charge in [-0.1, -0.05) is 18.2 Å². The van der Waals surface area contributed by atoms with Crippen molar-refractivity contribution in [3.63, 3.8) is 0 Å². The summed E-state index contributed by atoms with van der Waals surface area (Å²) in [4.78, 5) is 15.4. The van der Waals surface area contributed by atoms with Crippen molar-refractivity contribution in [2.24, 2.45) is 0 Å². The summed E-state index contributed by atoms with van der Waals surface area (Å²) in [5, 5.41) is 10.0.